The van der Waals surface area contributed by atoms with Crippen LogP contribution in [0.4, 0.5) is 0 Å². The van der Waals surface area contributed by atoms with E-state index in [1.807, 2.05) is 62.2 Å². The van der Waals surface area contributed by atoms with Crippen LogP contribution in [0.1, 0.15) is 99.9 Å². The highest BCUT2D eigenvalue weighted by Gasteiger charge is 2.28. The minimum Gasteiger partial charge on any atom is -0.348 e. The lowest BCUT2D eigenvalue weighted by atomic mass is 10.1. The Kier molecular flexibility index (Phi) is 32.7. The van der Waals surface area contributed by atoms with Crippen LogP contribution in [0.2, 0.25) is 0 Å². The van der Waals surface area contributed by atoms with Gasteiger partial charge in [0.1, 0.15) is 0 Å². The van der Waals surface area contributed by atoms with Crippen molar-refractivity contribution in [2.45, 2.75) is 91.5 Å². The van der Waals surface area contributed by atoms with E-state index >= 15 is 0 Å². The quantitative estimate of drug-likeness (QED) is 0.0456. The minimum absolute atomic E-state index is 0.145. The van der Waals surface area contributed by atoms with Crippen LogP contribution in [0.15, 0.2) is 243 Å². The number of aromatic amines is 1. The first-order chi connectivity index (χ1) is 61.4. The fourth-order valence-electron chi connectivity index (χ4n) is 17.9. The number of carbonyl (C=O) groups excluding carboxylic acids is 4. The monoisotopic (exact) mass is 1700 g/mol. The molecule has 21 heteroatoms. The first-order valence-corrected chi connectivity index (χ1v) is 45.9. The molecule has 4 saturated heterocycles. The lowest BCUT2D eigenvalue weighted by Crippen LogP contribution is -2.49. The largest absolute Gasteiger partial charge is 0.348 e. The maximum Gasteiger partial charge on any atom is 0.253 e. The van der Waals surface area contributed by atoms with E-state index in [9.17, 15) is 19.2 Å². The van der Waals surface area contributed by atoms with Crippen LogP contribution in [0.5, 0.6) is 0 Å². The van der Waals surface area contributed by atoms with Gasteiger partial charge in [-0.3, -0.25) is 38.8 Å². The van der Waals surface area contributed by atoms with E-state index in [1.165, 1.54) is 66.7 Å². The molecule has 8 aromatic carbocycles. The Hall–Kier alpha value is -11.3. The first kappa shape index (κ1) is 91.0. The molecule has 9 heterocycles. The number of amides is 4. The van der Waals surface area contributed by atoms with Crippen molar-refractivity contribution in [1.82, 2.24) is 82.1 Å². The van der Waals surface area contributed by atoms with Gasteiger partial charge in [-0.2, -0.15) is 0 Å². The molecule has 21 nitrogen and oxygen atoms in total. The molecule has 0 aliphatic carbocycles. The van der Waals surface area contributed by atoms with Gasteiger partial charge in [-0.25, -0.2) is 4.98 Å². The first-order valence-electron chi connectivity index (χ1n) is 45.9. The van der Waals surface area contributed by atoms with E-state index in [0.29, 0.717) is 0 Å². The van der Waals surface area contributed by atoms with Crippen molar-refractivity contribution in [3.63, 3.8) is 0 Å². The van der Waals surface area contributed by atoms with Gasteiger partial charge in [0.2, 0.25) is 0 Å². The van der Waals surface area contributed by atoms with Crippen molar-refractivity contribution < 1.29 is 19.2 Å². The molecule has 0 saturated carbocycles. The zero-order chi connectivity index (χ0) is 87.7. The molecule has 17 rings (SSSR count). The van der Waals surface area contributed by atoms with Crippen molar-refractivity contribution in [2.24, 2.45) is 0 Å². The molecule has 0 atom stereocenters. The van der Waals surface area contributed by atoms with Crippen LogP contribution in [0.3, 0.4) is 0 Å². The molecule has 5 aromatic heterocycles. The minimum atomic E-state index is 0.145. The molecule has 1 N–H and O–H groups in total. The fraction of sp³-hybridized carbons (Fsp3) is 0.400. The third-order valence-corrected chi connectivity index (χ3v) is 25.7. The van der Waals surface area contributed by atoms with E-state index in [-0.39, 0.29) is 23.6 Å². The number of hydrogen-bond donors (Lipinski definition) is 1. The van der Waals surface area contributed by atoms with E-state index < -0.39 is 0 Å². The van der Waals surface area contributed by atoms with Crippen LogP contribution >= 0.6 is 0 Å². The molecule has 4 aliphatic heterocycles. The molecule has 0 spiro atoms. The van der Waals surface area contributed by atoms with E-state index in [2.05, 4.69) is 313 Å². The van der Waals surface area contributed by atoms with Crippen molar-refractivity contribution in [2.75, 3.05) is 186 Å². The molecule has 0 radical (unpaired) electrons. The Labute approximate surface area is 747 Å². The summed E-state index contributed by atoms with van der Waals surface area (Å²) >= 11 is 0. The third-order valence-electron chi connectivity index (χ3n) is 25.7. The number of benzene rings is 8. The number of H-pyrrole nitrogens is 1. The second kappa shape index (κ2) is 45.2. The van der Waals surface area contributed by atoms with Crippen LogP contribution in [0, 0.1) is 13.8 Å². The maximum atomic E-state index is 13.3. The number of rotatable bonds is 30. The lowest BCUT2D eigenvalue weighted by Gasteiger charge is -2.34. The normalized spacial score (nSPS) is 15.0. The topological polar surface area (TPSA) is 152 Å². The maximum absolute atomic E-state index is 13.3. The van der Waals surface area contributed by atoms with Gasteiger partial charge in [0.05, 0.1) is 6.33 Å². The zero-order valence-corrected chi connectivity index (χ0v) is 75.9. The Morgan fingerprint density at radius 3 is 1.05 bits per heavy atom. The molecule has 4 amide bonds. The van der Waals surface area contributed by atoms with Gasteiger partial charge >= 0.3 is 0 Å². The number of nitrogens with zero attached hydrogens (tertiary/aromatic N) is 16. The highest BCUT2D eigenvalue weighted by molar-refractivity contribution is 6.01. The van der Waals surface area contributed by atoms with Gasteiger partial charge in [0.15, 0.2) is 0 Å². The molecule has 0 unspecified atom stereocenters. The predicted molar refractivity (Wildman–Crippen MR) is 514 cm³/mol. The van der Waals surface area contributed by atoms with Crippen molar-refractivity contribution in [3.05, 3.63) is 305 Å². The highest BCUT2D eigenvalue weighted by Crippen LogP contribution is 2.30. The van der Waals surface area contributed by atoms with Gasteiger partial charge in [0, 0.05) is 266 Å². The van der Waals surface area contributed by atoms with Crippen LogP contribution in [-0.4, -0.2) is 292 Å². The Morgan fingerprint density at radius 1 is 0.333 bits per heavy atom. The molecular weight excluding hydrogens is 1560 g/mol. The number of carbonyl (C=O) groups is 4. The molecule has 13 aromatic rings. The summed E-state index contributed by atoms with van der Waals surface area (Å²) in [4.78, 5) is 84.2. The number of nitrogens with one attached hydrogen (secondary N) is 1. The van der Waals surface area contributed by atoms with Gasteiger partial charge in [0.25, 0.3) is 23.6 Å². The van der Waals surface area contributed by atoms with Crippen molar-refractivity contribution in [1.29, 1.82) is 0 Å². The Morgan fingerprint density at radius 2 is 0.675 bits per heavy atom. The fourth-order valence-corrected chi connectivity index (χ4v) is 17.9. The molecule has 4 fully saturated rings. The molecule has 0 bridgehead atoms. The smallest absolute Gasteiger partial charge is 0.253 e. The van der Waals surface area contributed by atoms with Gasteiger partial charge in [-0.15, -0.1) is 0 Å². The van der Waals surface area contributed by atoms with Crippen LogP contribution in [-0.2, 0) is 58.4 Å². The molecule has 4 aliphatic rings. The van der Waals surface area contributed by atoms with E-state index in [1.54, 1.807) is 6.33 Å². The zero-order valence-electron chi connectivity index (χ0n) is 75.9. The van der Waals surface area contributed by atoms with Crippen LogP contribution < -0.4 is 0 Å². The molecule has 126 heavy (non-hydrogen) atoms. The SMILES string of the molecule is CN(C)CCCn1ccc2cc(C(=O)N3CCN(Cc4ccccc4)CC3)ccc21.CN(C)CCn1ccc2cc(C(=O)N3CCN(CCc4ccccc4)CC3)ccc21.Cc1c(C)n(CCCN(C)C)c2ccc(C(=O)N3CCN(CCc4ccccc4)CC3)cc12.O=C(c1ccc2c(ccn2CCCc2cnc[nH]2)c1)N1CCN(CCc2ccccc2)CC1. The summed E-state index contributed by atoms with van der Waals surface area (Å²) in [5, 5.41) is 4.63. The number of hydrogen-bond acceptors (Lipinski definition) is 12. The van der Waals surface area contributed by atoms with Crippen molar-refractivity contribution >= 4 is 67.2 Å². The highest BCUT2D eigenvalue weighted by atomic mass is 16.2. The van der Waals surface area contributed by atoms with Crippen LogP contribution in [0.25, 0.3) is 43.6 Å². The number of fused-ring (bicyclic) bond motifs is 4. The third kappa shape index (κ3) is 25.1. The number of aromatic nitrogens is 6. The summed E-state index contributed by atoms with van der Waals surface area (Å²) in [6.07, 6.45) is 17.4. The van der Waals surface area contributed by atoms with E-state index in [4.69, 9.17) is 0 Å². The average molecular weight is 1700 g/mol. The second-order valence-electron chi connectivity index (χ2n) is 35.4. The van der Waals surface area contributed by atoms with Gasteiger partial charge in [-0.05, 0) is 233 Å². The van der Waals surface area contributed by atoms with E-state index in [0.717, 1.165) is 260 Å². The summed E-state index contributed by atoms with van der Waals surface area (Å²) < 4.78 is 9.23. The average Bonchev–Trinajstić information content (AvgIpc) is 1.59. The number of imidazole rings is 1. The molecular formula is C105H133N17O4. The molecule has 662 valence electrons. The standard InChI is InChI=1S/C28H38N4O.C27H31N5O.2C25H32N4O/c1-22-23(2)32(15-8-14-29(3)4)27-12-11-25(21-26(22)27)28(33)31-19-17-30(18-20-31)16-13-24-9-6-5-7-10-24;33-27(32-17-15-30(16-18-32)13-10-22-5-2-1-3-6-22)24-8-9-26-23(19-24)11-14-31(26)12-4-7-25-20-28-21-29-25;1-26(2)12-6-13-28-14-11-22-19-23(9-10-24(22)28)25(30)29-17-15-27(16-18-29)20-21-7-4-3-5-8-21;1-26(2)14-17-28-13-11-22-20-23(8-9-24(22)28)25(30)29-18-15-27(16-19-29)12-10-21-6-4-3-5-7-21/h5-7,9-12,21H,8,13-20H2,1-4H3;1-3,5-6,8-9,11,14,19-21H,4,7,10,12-13,15-18H2,(H,28,29);3-5,7-11,14,19H,6,12-13,15-18,20H2,1-2H3;3-9,11,13,20H,10,12,14-19H2,1-2H3. The summed E-state index contributed by atoms with van der Waals surface area (Å²) in [5.41, 5.74) is 17.2. The Bertz CT molecular complexity index is 5570. The predicted octanol–water partition coefficient (Wildman–Crippen LogP) is 15.0. The number of aryl methyl sites for hydroxylation is 5. The second-order valence-corrected chi connectivity index (χ2v) is 35.4. The van der Waals surface area contributed by atoms with Gasteiger partial charge in [-0.1, -0.05) is 121 Å². The summed E-state index contributed by atoms with van der Waals surface area (Å²) in [5.74, 6) is 0.612. The van der Waals surface area contributed by atoms with Crippen molar-refractivity contribution in [3.8, 4) is 0 Å². The number of likely N-dealkylation sites (N-methyl/N-ethyl adjacent to an activating group) is 1. The number of piperazine rings is 4. The summed E-state index contributed by atoms with van der Waals surface area (Å²) in [6, 6.07) is 73.5. The Balaban J connectivity index is 0.000000136. The van der Waals surface area contributed by atoms with Gasteiger partial charge < -0.3 is 57.6 Å². The summed E-state index contributed by atoms with van der Waals surface area (Å²) in [6.45, 7) is 29.4. The summed E-state index contributed by atoms with van der Waals surface area (Å²) in [7, 11) is 12.6. The lowest BCUT2D eigenvalue weighted by molar-refractivity contribution is 0.0624.